The Bertz CT molecular complexity index is 1130. The fraction of sp³-hybridized carbons (Fsp3) is 0.208. The van der Waals surface area contributed by atoms with Gasteiger partial charge < -0.3 is 21.3 Å². The molecule has 3 amide bonds. The first-order chi connectivity index (χ1) is 15.4. The third-order valence-electron chi connectivity index (χ3n) is 5.52. The van der Waals surface area contributed by atoms with Crippen molar-refractivity contribution in [2.24, 2.45) is 0 Å². The number of hydrogen-bond acceptors (Lipinski definition) is 4. The summed E-state index contributed by atoms with van der Waals surface area (Å²) in [6.07, 6.45) is 3.38. The molecule has 0 unspecified atom stereocenters. The van der Waals surface area contributed by atoms with Crippen molar-refractivity contribution in [1.82, 2.24) is 15.2 Å². The van der Waals surface area contributed by atoms with Crippen LogP contribution in [0, 0.1) is 5.82 Å². The van der Waals surface area contributed by atoms with Crippen LogP contribution in [0.5, 0.6) is 0 Å². The zero-order valence-corrected chi connectivity index (χ0v) is 17.6. The van der Waals surface area contributed by atoms with Crippen molar-refractivity contribution in [3.63, 3.8) is 0 Å². The molecule has 32 heavy (non-hydrogen) atoms. The molecular formula is C24H24FN5O2. The number of nitrogens with one attached hydrogen (secondary N) is 2. The molecular weight excluding hydrogens is 409 g/mol. The van der Waals surface area contributed by atoms with Gasteiger partial charge in [0.15, 0.2) is 0 Å². The predicted molar refractivity (Wildman–Crippen MR) is 121 cm³/mol. The summed E-state index contributed by atoms with van der Waals surface area (Å²) < 4.78 is 13.3. The molecule has 1 aliphatic heterocycles. The summed E-state index contributed by atoms with van der Waals surface area (Å²) >= 11 is 0. The highest BCUT2D eigenvalue weighted by molar-refractivity contribution is 5.94. The number of halogens is 1. The van der Waals surface area contributed by atoms with E-state index in [9.17, 15) is 14.0 Å². The molecule has 1 atom stereocenters. The molecule has 0 radical (unpaired) electrons. The lowest BCUT2D eigenvalue weighted by Crippen LogP contribution is -2.50. The van der Waals surface area contributed by atoms with E-state index in [0.29, 0.717) is 24.5 Å². The number of anilines is 2. The van der Waals surface area contributed by atoms with Gasteiger partial charge in [-0.2, -0.15) is 0 Å². The van der Waals surface area contributed by atoms with Gasteiger partial charge in [-0.25, -0.2) is 9.18 Å². The van der Waals surface area contributed by atoms with Crippen LogP contribution >= 0.6 is 0 Å². The second kappa shape index (κ2) is 9.05. The molecule has 0 aliphatic carbocycles. The van der Waals surface area contributed by atoms with Gasteiger partial charge >= 0.3 is 6.03 Å². The lowest BCUT2D eigenvalue weighted by atomic mass is 9.93. The van der Waals surface area contributed by atoms with Gasteiger partial charge in [-0.05, 0) is 54.4 Å². The molecule has 1 fully saturated rings. The molecule has 0 spiro atoms. The van der Waals surface area contributed by atoms with Gasteiger partial charge in [0.2, 0.25) is 0 Å². The number of aromatic nitrogens is 1. The number of likely N-dealkylation sites (tertiary alicyclic amines) is 1. The fourth-order valence-electron chi connectivity index (χ4n) is 3.61. The number of rotatable bonds is 5. The average molecular weight is 433 g/mol. The highest BCUT2D eigenvalue weighted by atomic mass is 19.1. The van der Waals surface area contributed by atoms with E-state index in [0.717, 1.165) is 11.1 Å². The summed E-state index contributed by atoms with van der Waals surface area (Å²) in [5.74, 6) is -0.567. The molecule has 4 rings (SSSR count). The van der Waals surface area contributed by atoms with E-state index in [1.807, 2.05) is 25.1 Å². The number of nitrogens with two attached hydrogens (primary N) is 1. The Morgan fingerprint density at radius 1 is 1.12 bits per heavy atom. The number of amides is 3. The number of pyridine rings is 1. The largest absolute Gasteiger partial charge is 0.397 e. The Balaban J connectivity index is 1.29. The Labute approximate surface area is 185 Å². The van der Waals surface area contributed by atoms with Gasteiger partial charge in [0.05, 0.1) is 11.7 Å². The van der Waals surface area contributed by atoms with E-state index in [4.69, 9.17) is 5.73 Å². The molecule has 1 aliphatic rings. The predicted octanol–water partition coefficient (Wildman–Crippen LogP) is 3.93. The Morgan fingerprint density at radius 2 is 1.88 bits per heavy atom. The SMILES string of the molecule is C[C@H](NC(=O)c1cccc(F)c1)c1ccc(NC(=O)N2CC(c3cncc(N)c3)C2)cc1. The van der Waals surface area contributed by atoms with E-state index >= 15 is 0 Å². The maximum Gasteiger partial charge on any atom is 0.321 e. The topological polar surface area (TPSA) is 100 Å². The lowest BCUT2D eigenvalue weighted by Gasteiger charge is -2.39. The molecule has 7 nitrogen and oxygen atoms in total. The molecule has 0 bridgehead atoms. The van der Waals surface area contributed by atoms with Crippen LogP contribution in [0.2, 0.25) is 0 Å². The first-order valence-corrected chi connectivity index (χ1v) is 10.3. The average Bonchev–Trinajstić information content (AvgIpc) is 2.73. The minimum Gasteiger partial charge on any atom is -0.397 e. The van der Waals surface area contributed by atoms with Crippen molar-refractivity contribution in [3.8, 4) is 0 Å². The molecule has 2 aromatic carbocycles. The Morgan fingerprint density at radius 3 is 2.56 bits per heavy atom. The van der Waals surface area contributed by atoms with Crippen molar-refractivity contribution in [1.29, 1.82) is 0 Å². The molecule has 0 saturated carbocycles. The second-order valence-electron chi connectivity index (χ2n) is 7.91. The van der Waals surface area contributed by atoms with Crippen molar-refractivity contribution in [2.45, 2.75) is 18.9 Å². The van der Waals surface area contributed by atoms with E-state index in [2.05, 4.69) is 15.6 Å². The number of carbonyl (C=O) groups is 2. The normalized spacial score (nSPS) is 14.4. The zero-order chi connectivity index (χ0) is 22.7. The summed E-state index contributed by atoms with van der Waals surface area (Å²) in [7, 11) is 0. The van der Waals surface area contributed by atoms with Crippen LogP contribution in [0.3, 0.4) is 0 Å². The van der Waals surface area contributed by atoms with Crippen LogP contribution in [0.1, 0.15) is 40.4 Å². The molecule has 164 valence electrons. The van der Waals surface area contributed by atoms with Crippen LogP contribution in [-0.2, 0) is 0 Å². The molecule has 1 saturated heterocycles. The first kappa shape index (κ1) is 21.3. The first-order valence-electron chi connectivity index (χ1n) is 10.3. The number of urea groups is 1. The quantitative estimate of drug-likeness (QED) is 0.568. The summed E-state index contributed by atoms with van der Waals surface area (Å²) in [6, 6.07) is 14.2. The minimum absolute atomic E-state index is 0.168. The zero-order valence-electron chi connectivity index (χ0n) is 17.6. The maximum absolute atomic E-state index is 13.3. The maximum atomic E-state index is 13.3. The number of nitrogens with zero attached hydrogens (tertiary/aromatic N) is 2. The smallest absolute Gasteiger partial charge is 0.321 e. The number of carbonyl (C=O) groups excluding carboxylic acids is 2. The highest BCUT2D eigenvalue weighted by Gasteiger charge is 2.32. The minimum atomic E-state index is -0.455. The molecule has 1 aromatic heterocycles. The van der Waals surface area contributed by atoms with Crippen LogP contribution in [-0.4, -0.2) is 34.9 Å². The van der Waals surface area contributed by atoms with Crippen LogP contribution in [0.25, 0.3) is 0 Å². The number of nitrogen functional groups attached to an aromatic ring is 1. The van der Waals surface area contributed by atoms with Gasteiger partial charge in [-0.1, -0.05) is 18.2 Å². The monoisotopic (exact) mass is 433 g/mol. The van der Waals surface area contributed by atoms with E-state index in [1.54, 1.807) is 35.5 Å². The Kier molecular flexibility index (Phi) is 6.02. The summed E-state index contributed by atoms with van der Waals surface area (Å²) in [4.78, 5) is 30.6. The lowest BCUT2D eigenvalue weighted by molar-refractivity contribution is 0.0939. The van der Waals surface area contributed by atoms with Crippen LogP contribution in [0.4, 0.5) is 20.6 Å². The second-order valence-corrected chi connectivity index (χ2v) is 7.91. The van der Waals surface area contributed by atoms with Crippen molar-refractivity contribution in [2.75, 3.05) is 24.1 Å². The van der Waals surface area contributed by atoms with Crippen molar-refractivity contribution < 1.29 is 14.0 Å². The summed E-state index contributed by atoms with van der Waals surface area (Å²) in [5, 5.41) is 5.73. The summed E-state index contributed by atoms with van der Waals surface area (Å²) in [5.41, 5.74) is 9.22. The molecule has 4 N–H and O–H groups in total. The van der Waals surface area contributed by atoms with Crippen LogP contribution in [0.15, 0.2) is 67.0 Å². The van der Waals surface area contributed by atoms with Crippen LogP contribution < -0.4 is 16.4 Å². The van der Waals surface area contributed by atoms with Gasteiger partial charge in [-0.3, -0.25) is 9.78 Å². The Hall–Kier alpha value is -3.94. The third kappa shape index (κ3) is 4.85. The van der Waals surface area contributed by atoms with Crippen molar-refractivity contribution in [3.05, 3.63) is 89.5 Å². The fourth-order valence-corrected chi connectivity index (χ4v) is 3.61. The molecule has 2 heterocycles. The van der Waals surface area contributed by atoms with E-state index < -0.39 is 5.82 Å². The van der Waals surface area contributed by atoms with Crippen molar-refractivity contribution >= 4 is 23.3 Å². The van der Waals surface area contributed by atoms with E-state index in [-0.39, 0.29) is 29.5 Å². The summed E-state index contributed by atoms with van der Waals surface area (Å²) in [6.45, 7) is 3.06. The van der Waals surface area contributed by atoms with Gasteiger partial charge in [0.1, 0.15) is 5.82 Å². The van der Waals surface area contributed by atoms with Gasteiger partial charge in [0, 0.05) is 42.7 Å². The third-order valence-corrected chi connectivity index (χ3v) is 5.52. The molecule has 3 aromatic rings. The van der Waals surface area contributed by atoms with Gasteiger partial charge in [0.25, 0.3) is 5.91 Å². The highest BCUT2D eigenvalue weighted by Crippen LogP contribution is 2.28. The standard InChI is InChI=1S/C24H24FN5O2/c1-15(28-23(31)17-3-2-4-20(25)9-17)16-5-7-22(8-6-16)29-24(32)30-13-19(14-30)18-10-21(26)12-27-11-18/h2-12,15,19H,13-14,26H2,1H3,(H,28,31)(H,29,32)/t15-/m0/s1. The number of benzene rings is 2. The van der Waals surface area contributed by atoms with Gasteiger partial charge in [-0.15, -0.1) is 0 Å². The number of hydrogen-bond donors (Lipinski definition) is 3. The molecule has 8 heteroatoms. The van der Waals surface area contributed by atoms with E-state index in [1.165, 1.54) is 18.2 Å².